The van der Waals surface area contributed by atoms with Crippen molar-refractivity contribution in [2.75, 3.05) is 40.4 Å². The lowest BCUT2D eigenvalue weighted by molar-refractivity contribution is -0.134. The summed E-state index contributed by atoms with van der Waals surface area (Å²) in [7, 11) is 3.73. The number of H-pyrrole nitrogens is 1. The number of aromatic amines is 1. The summed E-state index contributed by atoms with van der Waals surface area (Å²) in [6.07, 6.45) is 4.92. The lowest BCUT2D eigenvalue weighted by Gasteiger charge is -2.38. The van der Waals surface area contributed by atoms with E-state index in [0.717, 1.165) is 25.3 Å². The first-order valence-electron chi connectivity index (χ1n) is 6.68. The Hall–Kier alpha value is -1.40. The van der Waals surface area contributed by atoms with Crippen molar-refractivity contribution in [3.63, 3.8) is 0 Å². The lowest BCUT2D eigenvalue weighted by Crippen LogP contribution is -2.49. The Balaban J connectivity index is 1.91. The summed E-state index contributed by atoms with van der Waals surface area (Å²) in [5.41, 5.74) is 0. The van der Waals surface area contributed by atoms with Crippen molar-refractivity contribution in [2.45, 2.75) is 18.9 Å². The Morgan fingerprint density at radius 3 is 3.11 bits per heavy atom. The first-order chi connectivity index (χ1) is 9.22. The van der Waals surface area contributed by atoms with Gasteiger partial charge in [0.2, 0.25) is 5.91 Å². The SMILES string of the molecule is COCCCC(=O)N1CCN(C)[C@H](c2ncc[nH]2)C1. The number of hydrogen-bond acceptors (Lipinski definition) is 4. The zero-order chi connectivity index (χ0) is 13.7. The number of imidazole rings is 1. The van der Waals surface area contributed by atoms with Gasteiger partial charge < -0.3 is 14.6 Å². The van der Waals surface area contributed by atoms with Gasteiger partial charge in [0.15, 0.2) is 0 Å². The molecular formula is C13H22N4O2. The van der Waals surface area contributed by atoms with Crippen LogP contribution in [0, 0.1) is 0 Å². The minimum Gasteiger partial charge on any atom is -0.385 e. The maximum atomic E-state index is 12.1. The molecule has 0 bridgehead atoms. The van der Waals surface area contributed by atoms with E-state index in [1.165, 1.54) is 0 Å². The Morgan fingerprint density at radius 1 is 1.58 bits per heavy atom. The highest BCUT2D eigenvalue weighted by Gasteiger charge is 2.29. The van der Waals surface area contributed by atoms with Gasteiger partial charge in [0.1, 0.15) is 5.82 Å². The fourth-order valence-corrected chi connectivity index (χ4v) is 2.38. The van der Waals surface area contributed by atoms with E-state index in [2.05, 4.69) is 21.9 Å². The van der Waals surface area contributed by atoms with Crippen LogP contribution in [-0.4, -0.2) is 66.1 Å². The number of piperazine rings is 1. The molecule has 1 atom stereocenters. The van der Waals surface area contributed by atoms with Crippen LogP contribution in [0.2, 0.25) is 0 Å². The molecule has 0 saturated carbocycles. The number of methoxy groups -OCH3 is 1. The highest BCUT2D eigenvalue weighted by Crippen LogP contribution is 2.21. The molecule has 1 aliphatic heterocycles. The molecule has 1 aliphatic rings. The Kier molecular flexibility index (Phi) is 4.93. The minimum atomic E-state index is 0.162. The second kappa shape index (κ2) is 6.68. The van der Waals surface area contributed by atoms with Crippen molar-refractivity contribution < 1.29 is 9.53 Å². The van der Waals surface area contributed by atoms with Gasteiger partial charge in [-0.2, -0.15) is 0 Å². The molecule has 6 nitrogen and oxygen atoms in total. The van der Waals surface area contributed by atoms with Gasteiger partial charge in [-0.3, -0.25) is 9.69 Å². The van der Waals surface area contributed by atoms with Crippen molar-refractivity contribution in [1.29, 1.82) is 0 Å². The van der Waals surface area contributed by atoms with Crippen molar-refractivity contribution in [3.05, 3.63) is 18.2 Å². The van der Waals surface area contributed by atoms with Crippen LogP contribution < -0.4 is 0 Å². The predicted octanol–water partition coefficient (Wildman–Crippen LogP) is 0.651. The number of nitrogens with zero attached hydrogens (tertiary/aromatic N) is 3. The standard InChI is InChI=1S/C13H22N4O2/c1-16-7-8-17(12(18)4-3-9-19-2)10-11(16)13-14-5-6-15-13/h5-6,11H,3-4,7-10H2,1-2H3,(H,14,15)/t11-/m0/s1. The third kappa shape index (κ3) is 3.54. The first-order valence-corrected chi connectivity index (χ1v) is 6.68. The molecule has 2 rings (SSSR count). The van der Waals surface area contributed by atoms with Crippen molar-refractivity contribution in [3.8, 4) is 0 Å². The number of rotatable bonds is 5. The van der Waals surface area contributed by atoms with Gasteiger partial charge >= 0.3 is 0 Å². The molecule has 0 unspecified atom stereocenters. The molecule has 1 saturated heterocycles. The van der Waals surface area contributed by atoms with Crippen molar-refractivity contribution >= 4 is 5.91 Å². The van der Waals surface area contributed by atoms with E-state index in [0.29, 0.717) is 19.6 Å². The molecule has 2 heterocycles. The molecule has 1 N–H and O–H groups in total. The quantitative estimate of drug-likeness (QED) is 0.795. The Morgan fingerprint density at radius 2 is 2.42 bits per heavy atom. The number of nitrogens with one attached hydrogen (secondary N) is 1. The van der Waals surface area contributed by atoms with Crippen molar-refractivity contribution in [2.24, 2.45) is 0 Å². The van der Waals surface area contributed by atoms with Gasteiger partial charge in [-0.15, -0.1) is 0 Å². The fourth-order valence-electron chi connectivity index (χ4n) is 2.38. The maximum absolute atomic E-state index is 12.1. The summed E-state index contributed by atoms with van der Waals surface area (Å²) in [5.74, 6) is 1.14. The van der Waals surface area contributed by atoms with Crippen LogP contribution in [0.25, 0.3) is 0 Å². The molecule has 0 radical (unpaired) electrons. The average molecular weight is 266 g/mol. The number of likely N-dealkylation sites (N-methyl/N-ethyl adjacent to an activating group) is 1. The molecule has 1 fully saturated rings. The largest absolute Gasteiger partial charge is 0.385 e. The summed E-state index contributed by atoms with van der Waals surface area (Å²) >= 11 is 0. The molecule has 0 aromatic carbocycles. The van der Waals surface area contributed by atoms with E-state index >= 15 is 0 Å². The predicted molar refractivity (Wildman–Crippen MR) is 71.6 cm³/mol. The van der Waals surface area contributed by atoms with Gasteiger partial charge in [0.25, 0.3) is 0 Å². The van der Waals surface area contributed by atoms with Crippen LogP contribution >= 0.6 is 0 Å². The number of carbonyl (C=O) groups excluding carboxylic acids is 1. The van der Waals surface area contributed by atoms with E-state index in [-0.39, 0.29) is 11.9 Å². The molecule has 106 valence electrons. The molecule has 1 amide bonds. The smallest absolute Gasteiger partial charge is 0.222 e. The van der Waals surface area contributed by atoms with E-state index in [1.54, 1.807) is 13.3 Å². The van der Waals surface area contributed by atoms with E-state index in [1.807, 2.05) is 11.1 Å². The third-order valence-electron chi connectivity index (χ3n) is 3.57. The average Bonchev–Trinajstić information content (AvgIpc) is 2.93. The number of ether oxygens (including phenoxy) is 1. The maximum Gasteiger partial charge on any atom is 0.222 e. The summed E-state index contributed by atoms with van der Waals surface area (Å²) in [4.78, 5) is 23.7. The van der Waals surface area contributed by atoms with Crippen LogP contribution in [0.5, 0.6) is 0 Å². The van der Waals surface area contributed by atoms with Gasteiger partial charge in [-0.05, 0) is 13.5 Å². The first kappa shape index (κ1) is 14.0. The van der Waals surface area contributed by atoms with Gasteiger partial charge in [-0.25, -0.2) is 4.98 Å². The molecule has 1 aromatic rings. The number of amides is 1. The highest BCUT2D eigenvalue weighted by molar-refractivity contribution is 5.76. The van der Waals surface area contributed by atoms with E-state index in [9.17, 15) is 4.79 Å². The summed E-state index contributed by atoms with van der Waals surface area (Å²) < 4.78 is 4.98. The molecule has 0 spiro atoms. The van der Waals surface area contributed by atoms with Crippen LogP contribution in [0.15, 0.2) is 12.4 Å². The Labute approximate surface area is 113 Å². The number of hydrogen-bond donors (Lipinski definition) is 1. The van der Waals surface area contributed by atoms with Crippen molar-refractivity contribution in [1.82, 2.24) is 19.8 Å². The van der Waals surface area contributed by atoms with Gasteiger partial charge in [0, 0.05) is 52.2 Å². The van der Waals surface area contributed by atoms with Gasteiger partial charge in [0.05, 0.1) is 6.04 Å². The second-order valence-corrected chi connectivity index (χ2v) is 4.91. The number of aromatic nitrogens is 2. The normalized spacial score (nSPS) is 20.7. The molecule has 19 heavy (non-hydrogen) atoms. The van der Waals surface area contributed by atoms with Crippen LogP contribution in [0.1, 0.15) is 24.7 Å². The van der Waals surface area contributed by atoms with E-state index in [4.69, 9.17) is 4.74 Å². The minimum absolute atomic E-state index is 0.162. The van der Waals surface area contributed by atoms with Crippen LogP contribution in [-0.2, 0) is 9.53 Å². The molecule has 0 aliphatic carbocycles. The molecule has 1 aromatic heterocycles. The molecule has 6 heteroatoms. The fraction of sp³-hybridized carbons (Fsp3) is 0.692. The summed E-state index contributed by atoms with van der Waals surface area (Å²) in [6, 6.07) is 0.162. The molecular weight excluding hydrogens is 244 g/mol. The monoisotopic (exact) mass is 266 g/mol. The number of carbonyl (C=O) groups is 1. The zero-order valence-electron chi connectivity index (χ0n) is 11.6. The van der Waals surface area contributed by atoms with Gasteiger partial charge in [-0.1, -0.05) is 0 Å². The van der Waals surface area contributed by atoms with Crippen LogP contribution in [0.4, 0.5) is 0 Å². The topological polar surface area (TPSA) is 61.5 Å². The summed E-state index contributed by atoms with van der Waals surface area (Å²) in [6.45, 7) is 3.01. The Bertz CT molecular complexity index is 393. The highest BCUT2D eigenvalue weighted by atomic mass is 16.5. The third-order valence-corrected chi connectivity index (χ3v) is 3.57. The zero-order valence-corrected chi connectivity index (χ0v) is 11.6. The summed E-state index contributed by atoms with van der Waals surface area (Å²) in [5, 5.41) is 0. The van der Waals surface area contributed by atoms with E-state index < -0.39 is 0 Å². The second-order valence-electron chi connectivity index (χ2n) is 4.91. The lowest BCUT2D eigenvalue weighted by atomic mass is 10.1. The van der Waals surface area contributed by atoms with Crippen LogP contribution in [0.3, 0.4) is 0 Å².